The summed E-state index contributed by atoms with van der Waals surface area (Å²) in [6.45, 7) is 6.68. The lowest BCUT2D eigenvalue weighted by Crippen LogP contribution is -1.86. The Bertz CT molecular complexity index is 166. The van der Waals surface area contributed by atoms with E-state index in [4.69, 9.17) is 23.2 Å². The molecule has 0 N–H and O–H groups in total. The molecule has 0 spiro atoms. The second-order valence-electron chi connectivity index (χ2n) is 3.59. The Morgan fingerprint density at radius 2 is 1.80 bits per heavy atom. The average molecular weight is 179 g/mol. The third kappa shape index (κ3) is 1.33. The van der Waals surface area contributed by atoms with Gasteiger partial charge in [-0.1, -0.05) is 50.0 Å². The highest BCUT2D eigenvalue weighted by Crippen LogP contribution is 2.59. The van der Waals surface area contributed by atoms with Gasteiger partial charge in [-0.05, 0) is 17.3 Å². The largest absolute Gasteiger partial charge is 0.103 e. The summed E-state index contributed by atoms with van der Waals surface area (Å²) in [5, 5.41) is 0. The fourth-order valence-electron chi connectivity index (χ4n) is 1.44. The summed E-state index contributed by atoms with van der Waals surface area (Å²) >= 11 is 11.1. The molecule has 0 radical (unpaired) electrons. The average Bonchev–Trinajstić information content (AvgIpc) is 2.17. The molecule has 2 atom stereocenters. The maximum absolute atomic E-state index is 5.53. The van der Waals surface area contributed by atoms with Crippen LogP contribution in [-0.4, -0.2) is 0 Å². The third-order valence-corrected chi connectivity index (χ3v) is 3.02. The van der Waals surface area contributed by atoms with E-state index in [1.807, 2.05) is 6.08 Å². The molecule has 0 nitrogen and oxygen atoms in total. The van der Waals surface area contributed by atoms with Crippen LogP contribution in [0.5, 0.6) is 0 Å². The van der Waals surface area contributed by atoms with Gasteiger partial charge in [0.15, 0.2) is 0 Å². The topological polar surface area (TPSA) is 0 Å². The number of rotatable bonds is 1. The van der Waals surface area contributed by atoms with Crippen LogP contribution in [0.3, 0.4) is 0 Å². The van der Waals surface area contributed by atoms with Gasteiger partial charge in [0.05, 0.1) is 0 Å². The van der Waals surface area contributed by atoms with Gasteiger partial charge in [0.1, 0.15) is 4.49 Å². The first-order valence-corrected chi connectivity index (χ1v) is 4.24. The van der Waals surface area contributed by atoms with Gasteiger partial charge in [-0.25, -0.2) is 0 Å². The fourth-order valence-corrected chi connectivity index (χ4v) is 1.71. The van der Waals surface area contributed by atoms with Gasteiger partial charge >= 0.3 is 0 Å². The van der Waals surface area contributed by atoms with Crippen molar-refractivity contribution < 1.29 is 0 Å². The second-order valence-corrected chi connectivity index (χ2v) is 4.60. The van der Waals surface area contributed by atoms with E-state index in [0.717, 1.165) is 5.92 Å². The molecule has 1 aliphatic carbocycles. The van der Waals surface area contributed by atoms with E-state index in [2.05, 4.69) is 20.8 Å². The lowest BCUT2D eigenvalue weighted by Gasteiger charge is -1.95. The highest BCUT2D eigenvalue weighted by atomic mass is 35.5. The summed E-state index contributed by atoms with van der Waals surface area (Å²) in [5.41, 5.74) is 0.412. The van der Waals surface area contributed by atoms with Crippen LogP contribution in [0.15, 0.2) is 10.6 Å². The highest BCUT2D eigenvalue weighted by Gasteiger charge is 2.52. The van der Waals surface area contributed by atoms with E-state index in [9.17, 15) is 0 Å². The van der Waals surface area contributed by atoms with Gasteiger partial charge < -0.3 is 0 Å². The lowest BCUT2D eigenvalue weighted by atomic mass is 10.1. The van der Waals surface area contributed by atoms with Crippen LogP contribution in [0, 0.1) is 17.3 Å². The molecule has 0 amide bonds. The van der Waals surface area contributed by atoms with Crippen molar-refractivity contribution in [3.8, 4) is 0 Å². The standard InChI is InChI=1S/C8H12Cl2/c1-5-6(4-7(9)10)8(5,2)3/h4-6H,1-3H3/t5-,6+/m0/s1. The molecule has 0 aromatic rings. The molecule has 2 heteroatoms. The minimum atomic E-state index is 0.405. The molecule has 0 bridgehead atoms. The summed E-state index contributed by atoms with van der Waals surface area (Å²) in [4.78, 5) is 0. The van der Waals surface area contributed by atoms with Gasteiger partial charge in [-0.15, -0.1) is 0 Å². The first kappa shape index (κ1) is 8.42. The van der Waals surface area contributed by atoms with Crippen molar-refractivity contribution >= 4 is 23.2 Å². The van der Waals surface area contributed by atoms with Crippen molar-refractivity contribution in [2.75, 3.05) is 0 Å². The zero-order valence-corrected chi connectivity index (χ0v) is 8.00. The van der Waals surface area contributed by atoms with Crippen molar-refractivity contribution in [2.24, 2.45) is 17.3 Å². The first-order chi connectivity index (χ1) is 4.46. The number of allylic oxidation sites excluding steroid dienone is 1. The Labute approximate surface area is 72.2 Å². The molecular formula is C8H12Cl2. The van der Waals surface area contributed by atoms with Crippen LogP contribution in [0.2, 0.25) is 0 Å². The molecule has 1 fully saturated rings. The number of halogens is 2. The van der Waals surface area contributed by atoms with Crippen molar-refractivity contribution in [2.45, 2.75) is 20.8 Å². The highest BCUT2D eigenvalue weighted by molar-refractivity contribution is 6.55. The van der Waals surface area contributed by atoms with E-state index in [0.29, 0.717) is 15.8 Å². The lowest BCUT2D eigenvalue weighted by molar-refractivity contribution is 0.570. The summed E-state index contributed by atoms with van der Waals surface area (Å²) in [6, 6.07) is 0. The van der Waals surface area contributed by atoms with Gasteiger partial charge in [0, 0.05) is 0 Å². The Morgan fingerprint density at radius 1 is 1.40 bits per heavy atom. The van der Waals surface area contributed by atoms with E-state index in [1.54, 1.807) is 0 Å². The van der Waals surface area contributed by atoms with E-state index < -0.39 is 0 Å². The van der Waals surface area contributed by atoms with E-state index in [-0.39, 0.29) is 0 Å². The van der Waals surface area contributed by atoms with Crippen LogP contribution >= 0.6 is 23.2 Å². The molecule has 0 saturated heterocycles. The van der Waals surface area contributed by atoms with Crippen LogP contribution in [0.25, 0.3) is 0 Å². The van der Waals surface area contributed by atoms with Gasteiger partial charge in [0.25, 0.3) is 0 Å². The molecule has 0 heterocycles. The van der Waals surface area contributed by atoms with Gasteiger partial charge in [-0.2, -0.15) is 0 Å². The maximum atomic E-state index is 5.53. The second kappa shape index (κ2) is 2.42. The Balaban J connectivity index is 2.58. The normalized spacial score (nSPS) is 35.3. The van der Waals surface area contributed by atoms with Crippen molar-refractivity contribution in [1.82, 2.24) is 0 Å². The summed E-state index contributed by atoms with van der Waals surface area (Å²) in [7, 11) is 0. The smallest absolute Gasteiger partial charge is 0.0712 e. The molecule has 1 aliphatic rings. The Kier molecular flexibility index (Phi) is 2.04. The van der Waals surface area contributed by atoms with Crippen LogP contribution in [0.4, 0.5) is 0 Å². The van der Waals surface area contributed by atoms with E-state index >= 15 is 0 Å². The van der Waals surface area contributed by atoms with Crippen LogP contribution < -0.4 is 0 Å². The monoisotopic (exact) mass is 178 g/mol. The molecule has 1 saturated carbocycles. The van der Waals surface area contributed by atoms with E-state index in [1.165, 1.54) is 0 Å². The van der Waals surface area contributed by atoms with Gasteiger partial charge in [0.2, 0.25) is 0 Å². The molecular weight excluding hydrogens is 167 g/mol. The molecule has 10 heavy (non-hydrogen) atoms. The molecule has 0 aromatic heterocycles. The van der Waals surface area contributed by atoms with Crippen molar-refractivity contribution in [3.63, 3.8) is 0 Å². The summed E-state index contributed by atoms with van der Waals surface area (Å²) in [6.07, 6.45) is 1.94. The first-order valence-electron chi connectivity index (χ1n) is 3.49. The Morgan fingerprint density at radius 3 is 1.90 bits per heavy atom. The fraction of sp³-hybridized carbons (Fsp3) is 0.750. The Hall–Kier alpha value is 0.320. The SMILES string of the molecule is C[C@H]1[C@@H](C=C(Cl)Cl)C1(C)C. The third-order valence-electron chi connectivity index (χ3n) is 2.77. The zero-order chi connectivity index (χ0) is 7.94. The summed E-state index contributed by atoms with van der Waals surface area (Å²) in [5.74, 6) is 1.30. The molecule has 58 valence electrons. The number of hydrogen-bond acceptors (Lipinski definition) is 0. The number of hydrogen-bond donors (Lipinski definition) is 0. The van der Waals surface area contributed by atoms with Crippen LogP contribution in [-0.2, 0) is 0 Å². The molecule has 0 unspecified atom stereocenters. The van der Waals surface area contributed by atoms with Gasteiger partial charge in [-0.3, -0.25) is 0 Å². The quantitative estimate of drug-likeness (QED) is 0.576. The zero-order valence-electron chi connectivity index (χ0n) is 6.49. The maximum Gasteiger partial charge on any atom is 0.103 e. The molecule has 0 aliphatic heterocycles. The molecule has 1 rings (SSSR count). The minimum absolute atomic E-state index is 0.405. The van der Waals surface area contributed by atoms with Crippen molar-refractivity contribution in [1.29, 1.82) is 0 Å². The predicted octanol–water partition coefficient (Wildman–Crippen LogP) is 3.60. The summed E-state index contributed by atoms with van der Waals surface area (Å²) < 4.78 is 0.405. The molecule has 0 aromatic carbocycles. The predicted molar refractivity (Wildman–Crippen MR) is 46.2 cm³/mol. The van der Waals surface area contributed by atoms with Crippen LogP contribution in [0.1, 0.15) is 20.8 Å². The van der Waals surface area contributed by atoms with Crippen molar-refractivity contribution in [3.05, 3.63) is 10.6 Å². The minimum Gasteiger partial charge on any atom is -0.0712 e.